The van der Waals surface area contributed by atoms with E-state index in [1.807, 2.05) is 0 Å². The van der Waals surface area contributed by atoms with Crippen LogP contribution in [0.25, 0.3) is 22.4 Å². The van der Waals surface area contributed by atoms with Crippen molar-refractivity contribution in [1.29, 1.82) is 0 Å². The smallest absolute Gasteiger partial charge is 0.141 e. The molecule has 0 saturated heterocycles. The standard InChI is InChI=1S/C11H7FN4/c12-8-1-2-9-10(3-8)16-11(15-9)7-4-13-6-14-5-7/h1-6H,(H,15,16). The number of fused-ring (bicyclic) bond motifs is 1. The topological polar surface area (TPSA) is 54.5 Å². The van der Waals surface area contributed by atoms with Crippen molar-refractivity contribution in [1.82, 2.24) is 19.9 Å². The summed E-state index contributed by atoms with van der Waals surface area (Å²) in [4.78, 5) is 15.2. The monoisotopic (exact) mass is 214 g/mol. The molecule has 0 aliphatic carbocycles. The molecule has 0 spiro atoms. The van der Waals surface area contributed by atoms with E-state index in [-0.39, 0.29) is 5.82 Å². The normalized spacial score (nSPS) is 10.8. The van der Waals surface area contributed by atoms with Gasteiger partial charge in [0.15, 0.2) is 0 Å². The average Bonchev–Trinajstić information content (AvgIpc) is 2.73. The van der Waals surface area contributed by atoms with E-state index in [0.717, 1.165) is 11.1 Å². The second kappa shape index (κ2) is 3.37. The van der Waals surface area contributed by atoms with Crippen LogP contribution in [-0.4, -0.2) is 19.9 Å². The van der Waals surface area contributed by atoms with Crippen LogP contribution in [0, 0.1) is 5.82 Å². The molecule has 0 atom stereocenters. The van der Waals surface area contributed by atoms with Crippen LogP contribution in [0.3, 0.4) is 0 Å². The largest absolute Gasteiger partial charge is 0.338 e. The molecule has 2 aromatic heterocycles. The van der Waals surface area contributed by atoms with Crippen LogP contribution in [0.5, 0.6) is 0 Å². The number of nitrogens with one attached hydrogen (secondary N) is 1. The summed E-state index contributed by atoms with van der Waals surface area (Å²) < 4.78 is 13.0. The highest BCUT2D eigenvalue weighted by Crippen LogP contribution is 2.19. The zero-order chi connectivity index (χ0) is 11.0. The van der Waals surface area contributed by atoms with Crippen LogP contribution >= 0.6 is 0 Å². The van der Waals surface area contributed by atoms with E-state index in [1.54, 1.807) is 18.5 Å². The number of hydrogen-bond acceptors (Lipinski definition) is 3. The van der Waals surface area contributed by atoms with Crippen LogP contribution in [0.2, 0.25) is 0 Å². The lowest BCUT2D eigenvalue weighted by molar-refractivity contribution is 0.629. The number of H-pyrrole nitrogens is 1. The van der Waals surface area contributed by atoms with E-state index in [0.29, 0.717) is 11.3 Å². The van der Waals surface area contributed by atoms with E-state index in [2.05, 4.69) is 19.9 Å². The third-order valence-electron chi connectivity index (χ3n) is 2.28. The Labute approximate surface area is 90.2 Å². The highest BCUT2D eigenvalue weighted by atomic mass is 19.1. The molecule has 0 radical (unpaired) electrons. The van der Waals surface area contributed by atoms with Gasteiger partial charge in [0.25, 0.3) is 0 Å². The number of rotatable bonds is 1. The summed E-state index contributed by atoms with van der Waals surface area (Å²) in [6.07, 6.45) is 4.76. The number of nitrogens with zero attached hydrogens (tertiary/aromatic N) is 3. The van der Waals surface area contributed by atoms with Gasteiger partial charge in [0, 0.05) is 12.4 Å². The van der Waals surface area contributed by atoms with Crippen molar-refractivity contribution in [2.45, 2.75) is 0 Å². The predicted molar refractivity (Wildman–Crippen MR) is 57.1 cm³/mol. The molecular weight excluding hydrogens is 207 g/mol. The van der Waals surface area contributed by atoms with E-state index < -0.39 is 0 Å². The summed E-state index contributed by atoms with van der Waals surface area (Å²) in [7, 11) is 0. The van der Waals surface area contributed by atoms with Gasteiger partial charge in [-0.15, -0.1) is 0 Å². The molecule has 0 saturated carbocycles. The Kier molecular flexibility index (Phi) is 1.89. The number of imidazole rings is 1. The zero-order valence-corrected chi connectivity index (χ0v) is 8.18. The summed E-state index contributed by atoms with van der Waals surface area (Å²) in [5.41, 5.74) is 2.17. The Morgan fingerprint density at radius 2 is 1.94 bits per heavy atom. The molecule has 0 aliphatic heterocycles. The first kappa shape index (κ1) is 8.96. The Bertz CT molecular complexity index is 633. The van der Waals surface area contributed by atoms with Gasteiger partial charge in [-0.3, -0.25) is 0 Å². The highest BCUT2D eigenvalue weighted by molar-refractivity contribution is 5.79. The van der Waals surface area contributed by atoms with E-state index >= 15 is 0 Å². The molecule has 1 N–H and O–H groups in total. The lowest BCUT2D eigenvalue weighted by Gasteiger charge is -1.91. The lowest BCUT2D eigenvalue weighted by Crippen LogP contribution is -1.83. The molecule has 0 fully saturated rings. The van der Waals surface area contributed by atoms with Gasteiger partial charge in [0.05, 0.1) is 16.6 Å². The Morgan fingerprint density at radius 1 is 1.12 bits per heavy atom. The Balaban J connectivity index is 2.19. The number of aromatic amines is 1. The van der Waals surface area contributed by atoms with Crippen molar-refractivity contribution in [3.63, 3.8) is 0 Å². The average molecular weight is 214 g/mol. The number of benzene rings is 1. The minimum absolute atomic E-state index is 0.285. The van der Waals surface area contributed by atoms with E-state index in [1.165, 1.54) is 18.5 Å². The SMILES string of the molecule is Fc1ccc2nc(-c3cncnc3)[nH]c2c1. The minimum atomic E-state index is -0.285. The second-order valence-corrected chi connectivity index (χ2v) is 3.37. The molecule has 3 rings (SSSR count). The molecule has 5 heteroatoms. The van der Waals surface area contributed by atoms with Crippen LogP contribution < -0.4 is 0 Å². The third-order valence-corrected chi connectivity index (χ3v) is 2.28. The molecule has 0 unspecified atom stereocenters. The summed E-state index contributed by atoms with van der Waals surface area (Å²) in [6.45, 7) is 0. The molecule has 0 amide bonds. The fourth-order valence-corrected chi connectivity index (χ4v) is 1.54. The first-order valence-corrected chi connectivity index (χ1v) is 4.73. The van der Waals surface area contributed by atoms with Crippen LogP contribution in [0.15, 0.2) is 36.9 Å². The maximum Gasteiger partial charge on any atom is 0.141 e. The van der Waals surface area contributed by atoms with Crippen molar-refractivity contribution in [2.24, 2.45) is 0 Å². The van der Waals surface area contributed by atoms with Gasteiger partial charge in [-0.25, -0.2) is 19.3 Å². The zero-order valence-electron chi connectivity index (χ0n) is 8.18. The van der Waals surface area contributed by atoms with Crippen molar-refractivity contribution >= 4 is 11.0 Å². The molecule has 1 aromatic carbocycles. The van der Waals surface area contributed by atoms with Gasteiger partial charge in [-0.2, -0.15) is 0 Å². The molecule has 4 nitrogen and oxygen atoms in total. The van der Waals surface area contributed by atoms with Crippen LogP contribution in [0.1, 0.15) is 0 Å². The predicted octanol–water partition coefficient (Wildman–Crippen LogP) is 2.16. The Morgan fingerprint density at radius 3 is 2.75 bits per heavy atom. The van der Waals surface area contributed by atoms with Crippen molar-refractivity contribution in [3.8, 4) is 11.4 Å². The molecule has 0 aliphatic rings. The molecule has 16 heavy (non-hydrogen) atoms. The summed E-state index contributed by atoms with van der Waals surface area (Å²) >= 11 is 0. The first-order valence-electron chi connectivity index (χ1n) is 4.73. The molecular formula is C11H7FN4. The Hall–Kier alpha value is -2.30. The fourth-order valence-electron chi connectivity index (χ4n) is 1.54. The second-order valence-electron chi connectivity index (χ2n) is 3.37. The minimum Gasteiger partial charge on any atom is -0.338 e. The van der Waals surface area contributed by atoms with E-state index in [9.17, 15) is 4.39 Å². The number of aromatic nitrogens is 4. The highest BCUT2D eigenvalue weighted by Gasteiger charge is 2.05. The van der Waals surface area contributed by atoms with E-state index in [4.69, 9.17) is 0 Å². The molecule has 78 valence electrons. The first-order chi connectivity index (χ1) is 7.83. The number of hydrogen-bond donors (Lipinski definition) is 1. The summed E-state index contributed by atoms with van der Waals surface area (Å²) in [5.74, 6) is 0.355. The van der Waals surface area contributed by atoms with Crippen LogP contribution in [-0.2, 0) is 0 Å². The quantitative estimate of drug-likeness (QED) is 0.675. The van der Waals surface area contributed by atoms with Crippen molar-refractivity contribution in [3.05, 3.63) is 42.7 Å². The van der Waals surface area contributed by atoms with Gasteiger partial charge >= 0.3 is 0 Å². The molecule has 3 aromatic rings. The molecule has 0 bridgehead atoms. The van der Waals surface area contributed by atoms with Crippen molar-refractivity contribution in [2.75, 3.05) is 0 Å². The lowest BCUT2D eigenvalue weighted by atomic mass is 10.3. The van der Waals surface area contributed by atoms with Gasteiger partial charge in [-0.1, -0.05) is 0 Å². The van der Waals surface area contributed by atoms with Gasteiger partial charge in [0.1, 0.15) is 18.0 Å². The van der Waals surface area contributed by atoms with Crippen molar-refractivity contribution < 1.29 is 4.39 Å². The van der Waals surface area contributed by atoms with Gasteiger partial charge in [0.2, 0.25) is 0 Å². The van der Waals surface area contributed by atoms with Gasteiger partial charge in [-0.05, 0) is 18.2 Å². The maximum atomic E-state index is 13.0. The fraction of sp³-hybridized carbons (Fsp3) is 0. The maximum absolute atomic E-state index is 13.0. The van der Waals surface area contributed by atoms with Gasteiger partial charge < -0.3 is 4.98 Å². The third kappa shape index (κ3) is 1.42. The number of halogens is 1. The van der Waals surface area contributed by atoms with Crippen LogP contribution in [0.4, 0.5) is 4.39 Å². The molecule has 2 heterocycles. The summed E-state index contributed by atoms with van der Waals surface area (Å²) in [6, 6.07) is 4.43. The summed E-state index contributed by atoms with van der Waals surface area (Å²) in [5, 5.41) is 0.